The van der Waals surface area contributed by atoms with Crippen LogP contribution in [-0.2, 0) is 14.8 Å². The van der Waals surface area contributed by atoms with E-state index in [-0.39, 0.29) is 22.1 Å². The lowest BCUT2D eigenvalue weighted by Gasteiger charge is -2.34. The molecule has 2 aromatic carbocycles. The molecule has 0 aliphatic heterocycles. The van der Waals surface area contributed by atoms with Crippen LogP contribution in [0, 0.1) is 10.8 Å². The third-order valence-corrected chi connectivity index (χ3v) is 6.96. The number of nitrogens with one attached hydrogen (secondary N) is 2. The van der Waals surface area contributed by atoms with Gasteiger partial charge in [0, 0.05) is 43.5 Å². The number of carbonyl (C=O) groups is 1. The zero-order valence-electron chi connectivity index (χ0n) is 19.3. The number of rotatable bonds is 10. The Morgan fingerprint density at radius 2 is 1.61 bits per heavy atom. The molecule has 3 N–H and O–H groups in total. The lowest BCUT2D eigenvalue weighted by atomic mass is 9.72. The van der Waals surface area contributed by atoms with Crippen molar-refractivity contribution in [3.63, 3.8) is 0 Å². The predicted octanol–water partition coefficient (Wildman–Crippen LogP) is 3.91. The van der Waals surface area contributed by atoms with Crippen molar-refractivity contribution in [1.82, 2.24) is 10.2 Å². The highest BCUT2D eigenvalue weighted by Crippen LogP contribution is 2.38. The fraction of sp³-hybridized carbons (Fsp3) is 0.522. The average molecular weight is 450 g/mol. The van der Waals surface area contributed by atoms with E-state index < -0.39 is 15.9 Å². The van der Waals surface area contributed by atoms with E-state index in [4.69, 9.17) is 5.21 Å². The number of benzene rings is 2. The van der Waals surface area contributed by atoms with Gasteiger partial charge in [0.25, 0.3) is 0 Å². The molecule has 0 aromatic heterocycles. The molecule has 0 spiro atoms. The van der Waals surface area contributed by atoms with Crippen LogP contribution < -0.4 is 15.1 Å². The van der Waals surface area contributed by atoms with E-state index >= 15 is 0 Å². The number of hydroxylamine groups is 1. The summed E-state index contributed by atoms with van der Waals surface area (Å²) in [6.45, 7) is 8.34. The topological polar surface area (TPSA) is 98.7 Å². The summed E-state index contributed by atoms with van der Waals surface area (Å²) in [5.41, 5.74) is 2.12. The van der Waals surface area contributed by atoms with Gasteiger partial charge in [-0.2, -0.15) is 0 Å². The SMILES string of the molecule is CN(C)c1cccc2c(S(=O)(=O)NCCC(C)(C)CC(C)(C)CC(=O)NO)cccc12. The van der Waals surface area contributed by atoms with Gasteiger partial charge in [-0.1, -0.05) is 52.0 Å². The predicted molar refractivity (Wildman–Crippen MR) is 125 cm³/mol. The highest BCUT2D eigenvalue weighted by Gasteiger charge is 2.31. The summed E-state index contributed by atoms with van der Waals surface area (Å²) in [7, 11) is 0.181. The Bertz CT molecular complexity index is 1030. The van der Waals surface area contributed by atoms with Gasteiger partial charge in [0.15, 0.2) is 0 Å². The molecule has 0 fully saturated rings. The van der Waals surface area contributed by atoms with Crippen LogP contribution in [0.3, 0.4) is 0 Å². The van der Waals surface area contributed by atoms with Crippen LogP contribution in [-0.4, -0.2) is 40.2 Å². The zero-order valence-corrected chi connectivity index (χ0v) is 20.1. The standard InChI is InChI=1S/C23H35N3O4S/c1-22(2,16-23(3,4)15-21(27)25-28)13-14-24-31(29,30)20-12-8-9-17-18(20)10-7-11-19(17)26(5)6/h7-12,24,28H,13-16H2,1-6H3,(H,25,27). The van der Waals surface area contributed by atoms with Crippen molar-refractivity contribution in [2.75, 3.05) is 25.5 Å². The van der Waals surface area contributed by atoms with E-state index in [1.807, 2.05) is 57.1 Å². The summed E-state index contributed by atoms with van der Waals surface area (Å²) in [6.07, 6.45) is 1.52. The molecule has 7 nitrogen and oxygen atoms in total. The van der Waals surface area contributed by atoms with Gasteiger partial charge < -0.3 is 4.90 Å². The van der Waals surface area contributed by atoms with Gasteiger partial charge in [0.1, 0.15) is 0 Å². The lowest BCUT2D eigenvalue weighted by Crippen LogP contribution is -2.33. The summed E-state index contributed by atoms with van der Waals surface area (Å²) in [6, 6.07) is 11.0. The van der Waals surface area contributed by atoms with E-state index in [1.54, 1.807) is 17.6 Å². The first-order valence-electron chi connectivity index (χ1n) is 10.4. The van der Waals surface area contributed by atoms with Crippen LogP contribution in [0.15, 0.2) is 41.3 Å². The third-order valence-electron chi connectivity index (χ3n) is 5.45. The summed E-state index contributed by atoms with van der Waals surface area (Å²) < 4.78 is 28.9. The van der Waals surface area contributed by atoms with E-state index in [0.717, 1.165) is 11.1 Å². The minimum Gasteiger partial charge on any atom is -0.377 e. The minimum absolute atomic E-state index is 0.196. The number of amides is 1. The molecule has 0 radical (unpaired) electrons. The molecule has 0 heterocycles. The second-order valence-corrected chi connectivity index (χ2v) is 11.6. The molecule has 31 heavy (non-hydrogen) atoms. The van der Waals surface area contributed by atoms with Gasteiger partial charge in [-0.15, -0.1) is 0 Å². The summed E-state index contributed by atoms with van der Waals surface area (Å²) in [4.78, 5) is 13.8. The molecule has 8 heteroatoms. The van der Waals surface area contributed by atoms with Crippen LogP contribution in [0.1, 0.15) is 47.0 Å². The quantitative estimate of drug-likeness (QED) is 0.377. The maximum Gasteiger partial charge on any atom is 0.243 e. The number of nitrogens with zero attached hydrogens (tertiary/aromatic N) is 1. The van der Waals surface area contributed by atoms with Crippen LogP contribution >= 0.6 is 0 Å². The fourth-order valence-electron chi connectivity index (χ4n) is 4.41. The highest BCUT2D eigenvalue weighted by molar-refractivity contribution is 7.89. The molecule has 0 bridgehead atoms. The first-order valence-corrected chi connectivity index (χ1v) is 11.9. The molecule has 0 aliphatic carbocycles. The van der Waals surface area contributed by atoms with Crippen LogP contribution in [0.25, 0.3) is 10.8 Å². The Hall–Kier alpha value is -2.16. The molecular formula is C23H35N3O4S. The van der Waals surface area contributed by atoms with E-state index in [1.165, 1.54) is 0 Å². The highest BCUT2D eigenvalue weighted by atomic mass is 32.2. The Labute approximate surface area is 185 Å². The zero-order chi connectivity index (χ0) is 23.4. The van der Waals surface area contributed by atoms with Gasteiger partial charge >= 0.3 is 0 Å². The number of sulfonamides is 1. The molecule has 2 rings (SSSR count). The molecule has 0 atom stereocenters. The summed E-state index contributed by atoms with van der Waals surface area (Å²) in [5, 5.41) is 10.4. The molecule has 0 aliphatic rings. The Kier molecular flexibility index (Phi) is 7.73. The largest absolute Gasteiger partial charge is 0.377 e. The van der Waals surface area contributed by atoms with Crippen molar-refractivity contribution in [3.8, 4) is 0 Å². The molecule has 0 saturated carbocycles. The number of anilines is 1. The smallest absolute Gasteiger partial charge is 0.243 e. The minimum atomic E-state index is -3.68. The van der Waals surface area contributed by atoms with E-state index in [0.29, 0.717) is 24.8 Å². The number of hydrogen-bond donors (Lipinski definition) is 3. The van der Waals surface area contributed by atoms with E-state index in [2.05, 4.69) is 18.6 Å². The normalized spacial score (nSPS) is 12.7. The lowest BCUT2D eigenvalue weighted by molar-refractivity contribution is -0.131. The van der Waals surface area contributed by atoms with Gasteiger partial charge in [-0.25, -0.2) is 18.6 Å². The molecule has 172 valence electrons. The van der Waals surface area contributed by atoms with Crippen molar-refractivity contribution in [2.24, 2.45) is 10.8 Å². The first-order chi connectivity index (χ1) is 14.3. The molecule has 0 unspecified atom stereocenters. The third kappa shape index (κ3) is 6.66. The van der Waals surface area contributed by atoms with Gasteiger partial charge in [0.2, 0.25) is 15.9 Å². The van der Waals surface area contributed by atoms with Gasteiger partial charge in [-0.05, 0) is 35.8 Å². The van der Waals surface area contributed by atoms with Crippen molar-refractivity contribution in [1.29, 1.82) is 0 Å². The maximum atomic E-state index is 13.1. The van der Waals surface area contributed by atoms with E-state index in [9.17, 15) is 13.2 Å². The fourth-order valence-corrected chi connectivity index (χ4v) is 5.66. The average Bonchev–Trinajstić information content (AvgIpc) is 2.64. The van der Waals surface area contributed by atoms with Crippen molar-refractivity contribution in [3.05, 3.63) is 36.4 Å². The van der Waals surface area contributed by atoms with Gasteiger partial charge in [-0.3, -0.25) is 10.0 Å². The summed E-state index contributed by atoms with van der Waals surface area (Å²) >= 11 is 0. The number of carbonyl (C=O) groups excluding carboxylic acids is 1. The van der Waals surface area contributed by atoms with Crippen LogP contribution in [0.2, 0.25) is 0 Å². The van der Waals surface area contributed by atoms with Crippen molar-refractivity contribution >= 4 is 32.4 Å². The second-order valence-electron chi connectivity index (χ2n) is 9.89. The molecular weight excluding hydrogens is 414 g/mol. The van der Waals surface area contributed by atoms with Crippen LogP contribution in [0.4, 0.5) is 5.69 Å². The maximum absolute atomic E-state index is 13.1. The Morgan fingerprint density at radius 3 is 2.23 bits per heavy atom. The first kappa shape index (κ1) is 25.1. The Morgan fingerprint density at radius 1 is 1.00 bits per heavy atom. The number of hydrogen-bond acceptors (Lipinski definition) is 5. The van der Waals surface area contributed by atoms with Gasteiger partial charge in [0.05, 0.1) is 4.90 Å². The molecule has 0 saturated heterocycles. The number of fused-ring (bicyclic) bond motifs is 1. The van der Waals surface area contributed by atoms with Crippen LogP contribution in [0.5, 0.6) is 0 Å². The molecule has 2 aromatic rings. The Balaban J connectivity index is 2.14. The van der Waals surface area contributed by atoms with Crippen molar-refractivity contribution in [2.45, 2.75) is 51.9 Å². The molecule has 1 amide bonds. The van der Waals surface area contributed by atoms with Crippen molar-refractivity contribution < 1.29 is 18.4 Å². The summed E-state index contributed by atoms with van der Waals surface area (Å²) in [5.74, 6) is -0.422. The second kappa shape index (κ2) is 9.54. The monoisotopic (exact) mass is 449 g/mol.